The van der Waals surface area contributed by atoms with Crippen LogP contribution in [0.4, 0.5) is 0 Å². The third kappa shape index (κ3) is 19.8. The van der Waals surface area contributed by atoms with E-state index in [0.29, 0.717) is 0 Å². The Morgan fingerprint density at radius 1 is 0.149 bits per heavy atom. The molecular formula is C66H110O55. The van der Waals surface area contributed by atoms with Crippen molar-refractivity contribution >= 4 is 0 Å². The summed E-state index contributed by atoms with van der Waals surface area (Å²) < 4.78 is 127. The van der Waals surface area contributed by atoms with Gasteiger partial charge in [-0.05, 0) is 0 Å². The second kappa shape index (κ2) is 41.9. The van der Waals surface area contributed by atoms with E-state index in [-0.39, 0.29) is 0 Å². The molecule has 121 heavy (non-hydrogen) atoms. The minimum atomic E-state index is -2.51. The molecule has 33 saturated heterocycles. The van der Waals surface area contributed by atoms with Crippen molar-refractivity contribution in [1.29, 1.82) is 0 Å². The van der Waals surface area contributed by atoms with Crippen LogP contribution in [-0.2, 0) is 104 Å². The maximum absolute atomic E-state index is 12.2. The van der Waals surface area contributed by atoms with Crippen LogP contribution in [0.1, 0.15) is 0 Å². The van der Waals surface area contributed by atoms with Gasteiger partial charge in [0.05, 0.1) is 72.7 Å². The molecule has 0 aromatic heterocycles. The molecule has 0 saturated carbocycles. The molecule has 0 amide bonds. The van der Waals surface area contributed by atoms with Gasteiger partial charge in [-0.15, -0.1) is 0 Å². The lowest BCUT2D eigenvalue weighted by Crippen LogP contribution is -2.69. The van der Waals surface area contributed by atoms with Crippen molar-refractivity contribution in [3.8, 4) is 0 Å². The Hall–Kier alpha value is -2.20. The van der Waals surface area contributed by atoms with Crippen molar-refractivity contribution in [2.24, 2.45) is 0 Å². The second-order valence-electron chi connectivity index (χ2n) is 30.9. The van der Waals surface area contributed by atoms with E-state index in [0.717, 1.165) is 0 Å². The summed E-state index contributed by atoms with van der Waals surface area (Å²) in [5.41, 5.74) is 0. The Kier molecular flexibility index (Phi) is 33.9. The fraction of sp³-hybridized carbons (Fsp3) is 1.00. The van der Waals surface area contributed by atoms with Crippen LogP contribution in [0.3, 0.4) is 0 Å². The second-order valence-corrected chi connectivity index (χ2v) is 30.9. The Balaban J connectivity index is 0.801. The number of aliphatic hydroxyl groups is 33. The lowest BCUT2D eigenvalue weighted by molar-refractivity contribution is -0.405. The molecule has 55 atom stereocenters. The molecule has 0 aliphatic carbocycles. The monoisotopic (exact) mass is 1780 g/mol. The van der Waals surface area contributed by atoms with E-state index in [1.54, 1.807) is 0 Å². The molecule has 0 spiro atoms. The summed E-state index contributed by atoms with van der Waals surface area (Å²) >= 11 is 0. The fourth-order valence-electron chi connectivity index (χ4n) is 16.3. The van der Waals surface area contributed by atoms with Crippen molar-refractivity contribution in [3.05, 3.63) is 0 Å². The lowest BCUT2D eigenvalue weighted by atomic mass is 9.94. The molecule has 33 aliphatic heterocycles. The van der Waals surface area contributed by atoms with Crippen molar-refractivity contribution in [3.63, 3.8) is 0 Å². The first-order valence-electron chi connectivity index (χ1n) is 38.7. The molecule has 33 rings (SSSR count). The van der Waals surface area contributed by atoms with Gasteiger partial charge in [0.15, 0.2) is 69.2 Å². The van der Waals surface area contributed by atoms with Crippen molar-refractivity contribution in [2.75, 3.05) is 72.7 Å². The number of hydrogen-bond acceptors (Lipinski definition) is 55. The maximum Gasteiger partial charge on any atom is 0.187 e. The smallest absolute Gasteiger partial charge is 0.187 e. The highest BCUT2D eigenvalue weighted by Gasteiger charge is 2.63. The van der Waals surface area contributed by atoms with Gasteiger partial charge in [-0.3, -0.25) is 0 Å². The standard InChI is InChI=1S/C66H110O55/c67-1-12-23(77)24(78)35(89)57(101-12)112-47-14(3-69)103-58(37(91)26(47)80)113-46-13(2-68)102-56(36(90)25(46)79)100-11-22-55-34(88)45(99)66(111-22)120-54-21(10-76)109-64(43(97)32(54)86)118-52-19(8-74)107-62(41(95)30(52)84)116-50-17(6-72)105-60(39(93)28(50)82)114-48-15(4-70)104-59(38(92)27(48)81)115-49-16(5-71)106-61(40(94)29(49)83)117-51-18(7-73)108-63(42(96)31(51)85)119-53-20(9-75)110-65(121-55)44(98)33(53)87/h12-99H,1-11H2. The summed E-state index contributed by atoms with van der Waals surface area (Å²) in [4.78, 5) is 0. The van der Waals surface area contributed by atoms with Gasteiger partial charge in [0, 0.05) is 0 Å². The van der Waals surface area contributed by atoms with Gasteiger partial charge in [0.25, 0.3) is 0 Å². The molecule has 55 unspecified atom stereocenters. The van der Waals surface area contributed by atoms with Crippen molar-refractivity contribution in [2.45, 2.75) is 338 Å². The normalized spacial score (nSPS) is 55.1. The van der Waals surface area contributed by atoms with Crippen LogP contribution < -0.4 is 0 Å². The SMILES string of the molecule is OCC1OC(OC2C(CO)OC(OC3C(CO)OC(OCC4OC5OC6C(CO)OC(OC7C(CO)OC(OC8C(CO)OC(OC9C(CO)OC(OC%10C(CO)OC(OC%11C(CO)OC(OC%12C(CO)OC(OC4C(O)C5O)C(O)C%12O)C(O)C%11O)C(O)C%10O)C(O)C9O)C(O)C8O)C(O)C7O)C(O)C6O)C(O)C3O)C(O)C2O)C(O)C(O)C1O. The molecule has 55 heteroatoms. The molecule has 55 nitrogen and oxygen atoms in total. The number of ether oxygens (including phenoxy) is 22. The predicted octanol–water partition coefficient (Wildman–Crippen LogP) is -23.9. The first kappa shape index (κ1) is 97.8. The van der Waals surface area contributed by atoms with Crippen LogP contribution in [0.5, 0.6) is 0 Å². The molecule has 33 N–H and O–H groups in total. The largest absolute Gasteiger partial charge is 0.394 e. The topological polar surface area (TPSA) is 871 Å². The first-order chi connectivity index (χ1) is 57.6. The Morgan fingerprint density at radius 2 is 0.331 bits per heavy atom. The zero-order valence-corrected chi connectivity index (χ0v) is 63.3. The molecule has 704 valence electrons. The first-order valence-corrected chi connectivity index (χ1v) is 38.7. The Morgan fingerprint density at radius 3 is 0.554 bits per heavy atom. The van der Waals surface area contributed by atoms with E-state index in [1.807, 2.05) is 0 Å². The fourth-order valence-corrected chi connectivity index (χ4v) is 16.3. The number of aliphatic hydroxyl groups excluding tert-OH is 33. The van der Waals surface area contributed by atoms with Crippen LogP contribution in [0, 0.1) is 0 Å². The molecule has 0 aromatic carbocycles. The van der Waals surface area contributed by atoms with Gasteiger partial charge in [-0.2, -0.15) is 0 Å². The summed E-state index contributed by atoms with van der Waals surface area (Å²) in [6.45, 7) is -12.6. The summed E-state index contributed by atoms with van der Waals surface area (Å²) in [6.07, 6.45) is -118. The van der Waals surface area contributed by atoms with Crippen LogP contribution >= 0.6 is 0 Å². The van der Waals surface area contributed by atoms with E-state index in [9.17, 15) is 169 Å². The molecule has 33 heterocycles. The molecule has 33 fully saturated rings. The van der Waals surface area contributed by atoms with E-state index in [4.69, 9.17) is 104 Å². The highest BCUT2D eigenvalue weighted by Crippen LogP contribution is 2.42. The van der Waals surface area contributed by atoms with E-state index in [2.05, 4.69) is 0 Å². The van der Waals surface area contributed by atoms with E-state index in [1.165, 1.54) is 0 Å². The van der Waals surface area contributed by atoms with Crippen LogP contribution in [0.15, 0.2) is 0 Å². The van der Waals surface area contributed by atoms with Crippen LogP contribution in [0.25, 0.3) is 0 Å². The Bertz CT molecular complexity index is 3120. The van der Waals surface area contributed by atoms with Gasteiger partial charge in [0.2, 0.25) is 0 Å². The van der Waals surface area contributed by atoms with Gasteiger partial charge >= 0.3 is 0 Å². The minimum Gasteiger partial charge on any atom is -0.394 e. The lowest BCUT2D eigenvalue weighted by Gasteiger charge is -2.51. The van der Waals surface area contributed by atoms with Gasteiger partial charge in [-0.25, -0.2) is 0 Å². The highest BCUT2D eigenvalue weighted by molar-refractivity contribution is 5.05. The van der Waals surface area contributed by atoms with E-state index >= 15 is 0 Å². The van der Waals surface area contributed by atoms with Gasteiger partial charge < -0.3 is 273 Å². The third-order valence-electron chi connectivity index (χ3n) is 23.2. The molecule has 0 aromatic rings. The Labute approximate surface area is 681 Å². The number of rotatable bonds is 17. The third-order valence-corrected chi connectivity index (χ3v) is 23.2. The molecular weight excluding hydrogens is 1670 g/mol. The zero-order chi connectivity index (χ0) is 88.1. The average molecular weight is 1780 g/mol. The molecule has 16 bridgehead atoms. The van der Waals surface area contributed by atoms with Crippen LogP contribution in [0.2, 0.25) is 0 Å². The van der Waals surface area contributed by atoms with Crippen LogP contribution in [-0.4, -0.2) is 579 Å². The summed E-state index contributed by atoms with van der Waals surface area (Å²) in [6, 6.07) is 0. The van der Waals surface area contributed by atoms with Gasteiger partial charge in [-0.1, -0.05) is 0 Å². The summed E-state index contributed by atoms with van der Waals surface area (Å²) in [7, 11) is 0. The predicted molar refractivity (Wildman–Crippen MR) is 359 cm³/mol. The average Bonchev–Trinajstić information content (AvgIpc) is 0.767. The molecule has 33 aliphatic rings. The van der Waals surface area contributed by atoms with E-state index < -0.39 is 410 Å². The highest BCUT2D eigenvalue weighted by atomic mass is 16.8. The quantitative estimate of drug-likeness (QED) is 0.0643. The van der Waals surface area contributed by atoms with Gasteiger partial charge in [0.1, 0.15) is 269 Å². The number of hydrogen-bond donors (Lipinski definition) is 33. The zero-order valence-electron chi connectivity index (χ0n) is 63.3. The minimum absolute atomic E-state index is 0.909. The summed E-state index contributed by atoms with van der Waals surface area (Å²) in [5.74, 6) is 0. The van der Waals surface area contributed by atoms with Crippen molar-refractivity contribution in [1.82, 2.24) is 0 Å². The summed E-state index contributed by atoms with van der Waals surface area (Å²) in [5, 5.41) is 369. The maximum atomic E-state index is 12.2. The molecule has 0 radical (unpaired) electrons. The van der Waals surface area contributed by atoms with Crippen molar-refractivity contribution < 1.29 is 273 Å².